The van der Waals surface area contributed by atoms with Crippen LogP contribution in [0.5, 0.6) is 5.75 Å². The largest absolute Gasteiger partial charge is 0.486 e. The maximum atomic E-state index is 13.1. The molecule has 0 saturated heterocycles. The van der Waals surface area contributed by atoms with Crippen LogP contribution >= 0.6 is 22.9 Å². The van der Waals surface area contributed by atoms with E-state index in [-0.39, 0.29) is 12.6 Å². The molecular weight excluding hydrogens is 428 g/mol. The molecule has 154 valence electrons. The maximum Gasteiger partial charge on any atom is 0.243 e. The number of rotatable bonds is 8. The van der Waals surface area contributed by atoms with Crippen LogP contribution in [0.3, 0.4) is 0 Å². The minimum absolute atomic E-state index is 0.197. The Morgan fingerprint density at radius 3 is 2.38 bits per heavy atom. The Labute approximate surface area is 181 Å². The maximum absolute atomic E-state index is 13.1. The predicted molar refractivity (Wildman–Crippen MR) is 117 cm³/mol. The lowest BCUT2D eigenvalue weighted by Crippen LogP contribution is -2.36. The predicted octanol–water partition coefficient (Wildman–Crippen LogP) is 5.28. The van der Waals surface area contributed by atoms with Gasteiger partial charge >= 0.3 is 0 Å². The van der Waals surface area contributed by atoms with E-state index < -0.39 is 10.0 Å². The summed E-state index contributed by atoms with van der Waals surface area (Å²) in [5.41, 5.74) is 1.72. The number of hydrogen-bond donors (Lipinski definition) is 0. The molecule has 5 nitrogen and oxygen atoms in total. The molecule has 8 heteroatoms. The Morgan fingerprint density at radius 2 is 1.76 bits per heavy atom. The summed E-state index contributed by atoms with van der Waals surface area (Å²) in [5.74, 6) is 0.705. The van der Waals surface area contributed by atoms with E-state index in [2.05, 4.69) is 4.98 Å². The van der Waals surface area contributed by atoms with Gasteiger partial charge in [0.15, 0.2) is 0 Å². The molecule has 29 heavy (non-hydrogen) atoms. The van der Waals surface area contributed by atoms with E-state index in [1.807, 2.05) is 26.2 Å². The van der Waals surface area contributed by atoms with E-state index in [0.717, 1.165) is 10.6 Å². The van der Waals surface area contributed by atoms with Gasteiger partial charge in [-0.05, 0) is 57.2 Å². The van der Waals surface area contributed by atoms with E-state index in [1.165, 1.54) is 15.6 Å². The molecule has 0 radical (unpaired) electrons. The molecule has 0 amide bonds. The van der Waals surface area contributed by atoms with Crippen LogP contribution in [0.15, 0.2) is 58.8 Å². The Balaban J connectivity index is 1.71. The summed E-state index contributed by atoms with van der Waals surface area (Å²) in [6.07, 6.45) is 0. The molecule has 2 aromatic carbocycles. The van der Waals surface area contributed by atoms with Crippen LogP contribution in [-0.2, 0) is 23.2 Å². The van der Waals surface area contributed by atoms with Crippen molar-refractivity contribution >= 4 is 33.0 Å². The number of aromatic nitrogens is 1. The van der Waals surface area contributed by atoms with Crippen LogP contribution in [0.2, 0.25) is 5.02 Å². The molecule has 0 aliphatic heterocycles. The summed E-state index contributed by atoms with van der Waals surface area (Å²) in [4.78, 5) is 4.84. The number of nitrogens with zero attached hydrogens (tertiary/aromatic N) is 2. The zero-order valence-electron chi connectivity index (χ0n) is 16.5. The van der Waals surface area contributed by atoms with Gasteiger partial charge < -0.3 is 4.74 Å². The second kappa shape index (κ2) is 9.26. The Bertz CT molecular complexity index is 1050. The van der Waals surface area contributed by atoms with Gasteiger partial charge in [-0.2, -0.15) is 4.31 Å². The van der Waals surface area contributed by atoms with Gasteiger partial charge in [0.25, 0.3) is 0 Å². The van der Waals surface area contributed by atoms with Crippen LogP contribution in [0.25, 0.3) is 0 Å². The van der Waals surface area contributed by atoms with Crippen molar-refractivity contribution in [1.29, 1.82) is 0 Å². The standard InChI is InChI=1S/C21H23ClN2O3S2/c1-15(2)24(29(25,26)20-10-4-16(3)5-11-20)12-18-14-28-21(23-18)13-27-19-8-6-17(22)7-9-19/h4-11,14-15H,12-13H2,1-3H3. The van der Waals surface area contributed by atoms with Crippen molar-refractivity contribution in [2.24, 2.45) is 0 Å². The number of ether oxygens (including phenoxy) is 1. The van der Waals surface area contributed by atoms with Gasteiger partial charge in [0, 0.05) is 16.4 Å². The molecule has 1 heterocycles. The molecule has 0 fully saturated rings. The summed E-state index contributed by atoms with van der Waals surface area (Å²) >= 11 is 7.33. The van der Waals surface area contributed by atoms with Gasteiger partial charge in [-0.15, -0.1) is 11.3 Å². The first kappa shape index (κ1) is 21.8. The lowest BCUT2D eigenvalue weighted by molar-refractivity contribution is 0.304. The van der Waals surface area contributed by atoms with Crippen LogP contribution in [0.4, 0.5) is 0 Å². The van der Waals surface area contributed by atoms with Gasteiger partial charge in [0.1, 0.15) is 17.4 Å². The highest BCUT2D eigenvalue weighted by atomic mass is 35.5. The average Bonchev–Trinajstić information content (AvgIpc) is 3.13. The second-order valence-corrected chi connectivity index (χ2v) is 10.2. The SMILES string of the molecule is Cc1ccc(S(=O)(=O)N(Cc2csc(COc3ccc(Cl)cc3)n2)C(C)C)cc1. The summed E-state index contributed by atoms with van der Waals surface area (Å²) < 4.78 is 33.4. The van der Waals surface area contributed by atoms with Gasteiger partial charge in [0.2, 0.25) is 10.0 Å². The lowest BCUT2D eigenvalue weighted by Gasteiger charge is -2.25. The number of aryl methyl sites for hydroxylation is 1. The fourth-order valence-corrected chi connectivity index (χ4v) is 5.14. The van der Waals surface area contributed by atoms with Crippen LogP contribution in [-0.4, -0.2) is 23.7 Å². The average molecular weight is 451 g/mol. The number of sulfonamides is 1. The first-order chi connectivity index (χ1) is 13.8. The van der Waals surface area contributed by atoms with Gasteiger partial charge in [-0.1, -0.05) is 29.3 Å². The third-order valence-electron chi connectivity index (χ3n) is 4.30. The minimum atomic E-state index is -3.61. The number of benzene rings is 2. The Hall–Kier alpha value is -1.93. The van der Waals surface area contributed by atoms with Gasteiger partial charge in [-0.25, -0.2) is 13.4 Å². The van der Waals surface area contributed by atoms with Crippen molar-refractivity contribution in [3.63, 3.8) is 0 Å². The molecule has 0 aliphatic carbocycles. The first-order valence-electron chi connectivity index (χ1n) is 9.16. The number of thiazole rings is 1. The van der Waals surface area contributed by atoms with Crippen molar-refractivity contribution in [3.05, 3.63) is 75.2 Å². The zero-order chi connectivity index (χ0) is 21.0. The molecule has 0 bridgehead atoms. The minimum Gasteiger partial charge on any atom is -0.486 e. The van der Waals surface area contributed by atoms with Crippen molar-refractivity contribution < 1.29 is 13.2 Å². The number of hydrogen-bond acceptors (Lipinski definition) is 5. The quantitative estimate of drug-likeness (QED) is 0.468. The molecule has 0 atom stereocenters. The second-order valence-electron chi connectivity index (χ2n) is 6.93. The van der Waals surface area contributed by atoms with Gasteiger partial charge in [-0.3, -0.25) is 0 Å². The lowest BCUT2D eigenvalue weighted by atomic mass is 10.2. The van der Waals surface area contributed by atoms with E-state index in [4.69, 9.17) is 16.3 Å². The molecule has 0 saturated carbocycles. The Kier molecular flexibility index (Phi) is 6.95. The van der Waals surface area contributed by atoms with Crippen molar-refractivity contribution in [1.82, 2.24) is 9.29 Å². The monoisotopic (exact) mass is 450 g/mol. The molecule has 0 unspecified atom stereocenters. The van der Waals surface area contributed by atoms with E-state index in [1.54, 1.807) is 48.5 Å². The number of halogens is 1. The molecule has 3 rings (SSSR count). The van der Waals surface area contributed by atoms with E-state index in [9.17, 15) is 8.42 Å². The normalized spacial score (nSPS) is 11.9. The van der Waals surface area contributed by atoms with Crippen molar-refractivity contribution in [3.8, 4) is 5.75 Å². The molecular formula is C21H23ClN2O3S2. The zero-order valence-corrected chi connectivity index (χ0v) is 18.9. The highest BCUT2D eigenvalue weighted by Crippen LogP contribution is 2.23. The summed E-state index contributed by atoms with van der Waals surface area (Å²) in [5, 5.41) is 3.31. The molecule has 0 spiro atoms. The van der Waals surface area contributed by atoms with Crippen LogP contribution in [0, 0.1) is 6.92 Å². The fourth-order valence-electron chi connectivity index (χ4n) is 2.71. The fraction of sp³-hybridized carbons (Fsp3) is 0.286. The molecule has 3 aromatic rings. The van der Waals surface area contributed by atoms with Gasteiger partial charge in [0.05, 0.1) is 17.1 Å². The summed E-state index contributed by atoms with van der Waals surface area (Å²) in [7, 11) is -3.61. The van der Waals surface area contributed by atoms with Crippen molar-refractivity contribution in [2.75, 3.05) is 0 Å². The molecule has 1 aromatic heterocycles. The van der Waals surface area contributed by atoms with E-state index in [0.29, 0.717) is 28.0 Å². The molecule has 0 aliphatic rings. The van der Waals surface area contributed by atoms with Crippen LogP contribution in [0.1, 0.15) is 30.1 Å². The summed E-state index contributed by atoms with van der Waals surface area (Å²) in [6.45, 7) is 6.19. The van der Waals surface area contributed by atoms with Crippen molar-refractivity contribution in [2.45, 2.75) is 44.9 Å². The highest BCUT2D eigenvalue weighted by Gasteiger charge is 2.27. The topological polar surface area (TPSA) is 59.5 Å². The highest BCUT2D eigenvalue weighted by molar-refractivity contribution is 7.89. The molecule has 0 N–H and O–H groups in total. The van der Waals surface area contributed by atoms with E-state index >= 15 is 0 Å². The smallest absolute Gasteiger partial charge is 0.243 e. The third kappa shape index (κ3) is 5.57. The first-order valence-corrected chi connectivity index (χ1v) is 11.9. The van der Waals surface area contributed by atoms with Crippen LogP contribution < -0.4 is 4.74 Å². The third-order valence-corrected chi connectivity index (χ3v) is 7.46. The summed E-state index contributed by atoms with van der Waals surface area (Å²) in [6, 6.07) is 13.8. The Morgan fingerprint density at radius 1 is 1.10 bits per heavy atom.